The molecule has 0 bridgehead atoms. The number of nitrogens with two attached hydrogens (primary N) is 1. The topological polar surface area (TPSA) is 364 Å². The lowest BCUT2D eigenvalue weighted by atomic mass is 9.87. The molecule has 10 N–H and O–H groups in total. The molecule has 1 fully saturated rings. The lowest BCUT2D eigenvalue weighted by Gasteiger charge is -2.30. The molecule has 0 spiro atoms. The summed E-state index contributed by atoms with van der Waals surface area (Å²) in [4.78, 5) is 86.7. The molecule has 1 saturated heterocycles. The number of carbonyl (C=O) groups is 3. The van der Waals surface area contributed by atoms with Gasteiger partial charge in [-0.3, -0.25) is 32.5 Å². The molecule has 0 aromatic carbocycles. The standard InChI is InChI=1S/C25H40N7O17P3S/c1-4-5-16(34)53-9-8-27-15(33)6-7-28-23(37)20(36)25(2,3)11-46-52(43,44)49-51(41,42)45-10-14-19(48-50(38,39)40)18(35)24(47-14)32-13-31-17-21(26)29-12-30-22(17)32/h4-5,12-14,18-20,24,35-36H,6-11H2,1-3H3,(H,27,33)(H,28,37)(H,41,42)(H,43,44)(H2,26,29,30)(H2,38,39,40)/b5-4-/t14-,18-,19-,20+,24-/m1/s1. The summed E-state index contributed by atoms with van der Waals surface area (Å²) in [6.07, 6.45) is -3.94. The second kappa shape index (κ2) is 18.8. The molecule has 1 aliphatic rings. The number of aliphatic hydroxyl groups excluding tert-OH is 2. The fourth-order valence-corrected chi connectivity index (χ4v) is 7.93. The Bertz CT molecular complexity index is 1790. The smallest absolute Gasteiger partial charge is 0.386 e. The monoisotopic (exact) mass is 835 g/mol. The number of rotatable bonds is 20. The van der Waals surface area contributed by atoms with Crippen LogP contribution in [-0.2, 0) is 50.7 Å². The molecule has 28 heteroatoms. The van der Waals surface area contributed by atoms with Gasteiger partial charge in [0.2, 0.25) is 16.9 Å². The van der Waals surface area contributed by atoms with Crippen LogP contribution in [0.3, 0.4) is 0 Å². The predicted octanol–water partition coefficient (Wildman–Crippen LogP) is -0.759. The van der Waals surface area contributed by atoms with E-state index in [1.54, 1.807) is 13.0 Å². The van der Waals surface area contributed by atoms with Gasteiger partial charge >= 0.3 is 23.5 Å². The quantitative estimate of drug-likeness (QED) is 0.0449. The predicted molar refractivity (Wildman–Crippen MR) is 182 cm³/mol. The Hall–Kier alpha value is -2.70. The number of allylic oxidation sites excluding steroid dienone is 1. The average Bonchev–Trinajstić information content (AvgIpc) is 3.61. The first-order valence-corrected chi connectivity index (χ1v) is 20.7. The Kier molecular flexibility index (Phi) is 15.8. The van der Waals surface area contributed by atoms with Gasteiger partial charge in [-0.15, -0.1) is 0 Å². The number of anilines is 1. The molecular weight excluding hydrogens is 795 g/mol. The number of carbonyl (C=O) groups excluding carboxylic acids is 3. The molecule has 53 heavy (non-hydrogen) atoms. The molecule has 3 heterocycles. The van der Waals surface area contributed by atoms with E-state index in [2.05, 4.69) is 34.4 Å². The number of aliphatic hydroxyl groups is 2. The first-order valence-electron chi connectivity index (χ1n) is 15.2. The number of hydrogen-bond acceptors (Lipinski definition) is 18. The van der Waals surface area contributed by atoms with Gasteiger partial charge < -0.3 is 50.9 Å². The van der Waals surface area contributed by atoms with Crippen LogP contribution in [0.2, 0.25) is 0 Å². The SMILES string of the molecule is C/C=C\C(=O)SCCNC(=O)CCNC(=O)[C@H](O)C(C)(C)COP(=O)(O)OP(=O)(O)OC[C@H]1O[C@@H](n2cnc3c(N)ncnc32)[C@H](O)[C@@H]1OP(=O)(O)O. The number of thioether (sulfide) groups is 1. The van der Waals surface area contributed by atoms with E-state index in [1.807, 2.05) is 0 Å². The van der Waals surface area contributed by atoms with E-state index in [0.29, 0.717) is 5.75 Å². The van der Waals surface area contributed by atoms with Gasteiger partial charge in [-0.1, -0.05) is 31.7 Å². The molecule has 3 rings (SSSR count). The molecule has 0 aliphatic carbocycles. The van der Waals surface area contributed by atoms with E-state index < -0.39 is 84.6 Å². The summed E-state index contributed by atoms with van der Waals surface area (Å²) in [6, 6.07) is 0. The third-order valence-corrected chi connectivity index (χ3v) is 11.0. The molecule has 298 valence electrons. The normalized spacial score (nSPS) is 22.4. The fourth-order valence-electron chi connectivity index (χ4n) is 4.47. The van der Waals surface area contributed by atoms with Crippen LogP contribution in [0.1, 0.15) is 33.4 Å². The molecule has 0 saturated carbocycles. The molecule has 24 nitrogen and oxygen atoms in total. The zero-order valence-corrected chi connectivity index (χ0v) is 31.7. The third-order valence-electron chi connectivity index (χ3n) is 7.05. The van der Waals surface area contributed by atoms with Gasteiger partial charge in [-0.05, 0) is 13.0 Å². The van der Waals surface area contributed by atoms with Crippen molar-refractivity contribution in [1.82, 2.24) is 30.2 Å². The van der Waals surface area contributed by atoms with E-state index in [4.69, 9.17) is 19.5 Å². The first kappa shape index (κ1) is 44.7. The molecule has 2 aromatic heterocycles. The maximum absolute atomic E-state index is 12.6. The van der Waals surface area contributed by atoms with E-state index in [-0.39, 0.29) is 41.6 Å². The van der Waals surface area contributed by atoms with Crippen molar-refractivity contribution >= 4 is 69.1 Å². The number of fused-ring (bicyclic) bond motifs is 1. The minimum Gasteiger partial charge on any atom is -0.386 e. The maximum atomic E-state index is 12.6. The molecule has 1 aliphatic heterocycles. The van der Waals surface area contributed by atoms with Crippen LogP contribution < -0.4 is 16.4 Å². The van der Waals surface area contributed by atoms with E-state index >= 15 is 0 Å². The van der Waals surface area contributed by atoms with Crippen LogP contribution in [0.15, 0.2) is 24.8 Å². The van der Waals surface area contributed by atoms with Gasteiger partial charge in [-0.2, -0.15) is 4.31 Å². The van der Waals surface area contributed by atoms with Crippen molar-refractivity contribution in [1.29, 1.82) is 0 Å². The Morgan fingerprint density at radius 2 is 1.77 bits per heavy atom. The van der Waals surface area contributed by atoms with Crippen LogP contribution in [0.25, 0.3) is 11.2 Å². The first-order chi connectivity index (χ1) is 24.6. The Morgan fingerprint density at radius 3 is 2.43 bits per heavy atom. The third kappa shape index (κ3) is 13.5. The largest absolute Gasteiger partial charge is 0.481 e. The van der Waals surface area contributed by atoms with Gasteiger partial charge in [0.15, 0.2) is 17.7 Å². The zero-order chi connectivity index (χ0) is 39.8. The Morgan fingerprint density at radius 1 is 1.09 bits per heavy atom. The summed E-state index contributed by atoms with van der Waals surface area (Å²) in [6.45, 7) is 2.17. The minimum atomic E-state index is -5.56. The lowest BCUT2D eigenvalue weighted by Crippen LogP contribution is -2.46. The molecule has 0 radical (unpaired) electrons. The van der Waals surface area contributed by atoms with Gasteiger partial charge in [0.25, 0.3) is 0 Å². The number of nitrogens with one attached hydrogen (secondary N) is 2. The van der Waals surface area contributed by atoms with Crippen molar-refractivity contribution in [3.8, 4) is 0 Å². The number of phosphoric acid groups is 3. The van der Waals surface area contributed by atoms with Crippen molar-refractivity contribution in [3.05, 3.63) is 24.8 Å². The number of nitrogens with zero attached hydrogens (tertiary/aromatic N) is 4. The van der Waals surface area contributed by atoms with Crippen LogP contribution in [0.5, 0.6) is 0 Å². The average molecular weight is 836 g/mol. The summed E-state index contributed by atoms with van der Waals surface area (Å²) in [5, 5.41) is 26.1. The highest BCUT2D eigenvalue weighted by Gasteiger charge is 2.50. The summed E-state index contributed by atoms with van der Waals surface area (Å²) < 4.78 is 61.9. The van der Waals surface area contributed by atoms with Gasteiger partial charge in [0.1, 0.15) is 36.3 Å². The number of hydrogen-bond donors (Lipinski definition) is 9. The van der Waals surface area contributed by atoms with Gasteiger partial charge in [0, 0.05) is 30.7 Å². The van der Waals surface area contributed by atoms with Crippen molar-refractivity contribution in [2.75, 3.05) is 37.8 Å². The molecule has 2 aromatic rings. The minimum absolute atomic E-state index is 0.0300. The Balaban J connectivity index is 1.52. The maximum Gasteiger partial charge on any atom is 0.481 e. The van der Waals surface area contributed by atoms with Crippen LogP contribution in [0, 0.1) is 5.41 Å². The number of phosphoric ester groups is 3. The number of imidazole rings is 1. The van der Waals surface area contributed by atoms with Crippen molar-refractivity contribution in [2.45, 2.75) is 57.8 Å². The zero-order valence-electron chi connectivity index (χ0n) is 28.2. The molecule has 2 amide bonds. The second-order valence-corrected chi connectivity index (χ2v) is 17.1. The number of nitrogen functional groups attached to an aromatic ring is 1. The van der Waals surface area contributed by atoms with Crippen molar-refractivity contribution in [2.24, 2.45) is 5.41 Å². The van der Waals surface area contributed by atoms with Gasteiger partial charge in [-0.25, -0.2) is 28.6 Å². The summed E-state index contributed by atoms with van der Waals surface area (Å²) in [5.74, 6) is -1.13. The van der Waals surface area contributed by atoms with Crippen LogP contribution >= 0.6 is 35.2 Å². The second-order valence-electron chi connectivity index (χ2n) is 11.7. The van der Waals surface area contributed by atoms with Crippen LogP contribution in [-0.4, -0.2) is 123 Å². The summed E-state index contributed by atoms with van der Waals surface area (Å²) in [5.41, 5.74) is 4.26. The van der Waals surface area contributed by atoms with Crippen molar-refractivity contribution < 1.29 is 80.5 Å². The fraction of sp³-hybridized carbons (Fsp3) is 0.600. The van der Waals surface area contributed by atoms with Crippen molar-refractivity contribution in [3.63, 3.8) is 0 Å². The lowest BCUT2D eigenvalue weighted by molar-refractivity contribution is -0.137. The van der Waals surface area contributed by atoms with Gasteiger partial charge in [0.05, 0.1) is 19.5 Å². The number of aromatic nitrogens is 4. The highest BCUT2D eigenvalue weighted by Crippen LogP contribution is 2.61. The molecule has 7 atom stereocenters. The van der Waals surface area contributed by atoms with E-state index in [9.17, 15) is 57.9 Å². The number of amides is 2. The molecular formula is C25H40N7O17P3S. The highest BCUT2D eigenvalue weighted by molar-refractivity contribution is 8.14. The van der Waals surface area contributed by atoms with Crippen LogP contribution in [0.4, 0.5) is 5.82 Å². The number of ether oxygens (including phenoxy) is 1. The Labute approximate surface area is 305 Å². The van der Waals surface area contributed by atoms with E-state index in [0.717, 1.165) is 29.0 Å². The molecule has 2 unspecified atom stereocenters. The summed E-state index contributed by atoms with van der Waals surface area (Å²) in [7, 11) is -16.4. The highest BCUT2D eigenvalue weighted by atomic mass is 32.2. The summed E-state index contributed by atoms with van der Waals surface area (Å²) >= 11 is 1.01. The van der Waals surface area contributed by atoms with E-state index in [1.165, 1.54) is 19.9 Å².